The van der Waals surface area contributed by atoms with Crippen molar-refractivity contribution in [3.05, 3.63) is 81.1 Å². The topological polar surface area (TPSA) is 60.2 Å². The van der Waals surface area contributed by atoms with Gasteiger partial charge in [0, 0.05) is 17.0 Å². The van der Waals surface area contributed by atoms with Crippen molar-refractivity contribution in [1.82, 2.24) is 9.88 Å². The molecule has 29 heavy (non-hydrogen) atoms. The molecule has 1 aliphatic heterocycles. The lowest BCUT2D eigenvalue weighted by Gasteiger charge is -2.18. The smallest absolute Gasteiger partial charge is 0.135 e. The number of aliphatic hydroxyl groups excluding tert-OH is 1. The van der Waals surface area contributed by atoms with Gasteiger partial charge in [0.15, 0.2) is 0 Å². The van der Waals surface area contributed by atoms with Crippen molar-refractivity contribution < 1.29 is 9.50 Å². The van der Waals surface area contributed by atoms with Gasteiger partial charge >= 0.3 is 0 Å². The molecule has 148 valence electrons. The summed E-state index contributed by atoms with van der Waals surface area (Å²) in [5, 5.41) is 19.8. The molecule has 3 aromatic rings. The van der Waals surface area contributed by atoms with Crippen LogP contribution in [0.25, 0.3) is 16.8 Å². The van der Waals surface area contributed by atoms with Crippen molar-refractivity contribution in [3.8, 4) is 11.3 Å². The maximum Gasteiger partial charge on any atom is 0.135 e. The second-order valence-corrected chi connectivity index (χ2v) is 8.46. The van der Waals surface area contributed by atoms with Crippen molar-refractivity contribution in [2.45, 2.75) is 20.3 Å². The van der Waals surface area contributed by atoms with Crippen LogP contribution in [0.3, 0.4) is 0 Å². The van der Waals surface area contributed by atoms with Gasteiger partial charge in [0.1, 0.15) is 22.4 Å². The van der Waals surface area contributed by atoms with Crippen LogP contribution in [0.2, 0.25) is 0 Å². The van der Waals surface area contributed by atoms with E-state index in [9.17, 15) is 9.50 Å². The summed E-state index contributed by atoms with van der Waals surface area (Å²) in [7, 11) is 0. The average Bonchev–Trinajstić information content (AvgIpc) is 3.21. The van der Waals surface area contributed by atoms with E-state index in [0.717, 1.165) is 21.7 Å². The molecule has 1 aliphatic rings. The number of aliphatic hydroxyl groups is 1. The maximum atomic E-state index is 13.1. The van der Waals surface area contributed by atoms with Crippen molar-refractivity contribution in [3.63, 3.8) is 0 Å². The highest BCUT2D eigenvalue weighted by molar-refractivity contribution is 7.13. The molecule has 1 aromatic heterocycles. The Hall–Kier alpha value is -2.99. The third kappa shape index (κ3) is 3.93. The first-order valence-electron chi connectivity index (χ1n) is 9.47. The number of rotatable bonds is 5. The maximum absolute atomic E-state index is 13.1. The number of amidine groups is 1. The highest BCUT2D eigenvalue weighted by Gasteiger charge is 2.30. The molecule has 0 saturated heterocycles. The molecule has 0 fully saturated rings. The Labute approximate surface area is 173 Å². The van der Waals surface area contributed by atoms with Gasteiger partial charge in [0.25, 0.3) is 0 Å². The van der Waals surface area contributed by atoms with E-state index in [1.54, 1.807) is 12.1 Å². The Morgan fingerprint density at radius 1 is 1.10 bits per heavy atom. The normalized spacial score (nSPS) is 14.2. The average molecular weight is 408 g/mol. The third-order valence-corrected chi connectivity index (χ3v) is 6.09. The van der Waals surface area contributed by atoms with Gasteiger partial charge in [0.2, 0.25) is 0 Å². The van der Waals surface area contributed by atoms with Crippen molar-refractivity contribution in [1.29, 1.82) is 5.41 Å². The summed E-state index contributed by atoms with van der Waals surface area (Å²) in [6.07, 6.45) is 0.675. The Morgan fingerprint density at radius 2 is 1.79 bits per heavy atom. The zero-order chi connectivity index (χ0) is 20.5. The highest BCUT2D eigenvalue weighted by atomic mass is 32.1. The molecular formula is C23H22FN3OS. The summed E-state index contributed by atoms with van der Waals surface area (Å²) in [5.74, 6) is 0.208. The van der Waals surface area contributed by atoms with E-state index in [0.29, 0.717) is 30.1 Å². The molecule has 2 N–H and O–H groups in total. The molecule has 0 atom stereocenters. The largest absolute Gasteiger partial charge is 0.510 e. The van der Waals surface area contributed by atoms with Gasteiger partial charge in [-0.2, -0.15) is 0 Å². The third-order valence-electron chi connectivity index (χ3n) is 5.10. The molecule has 0 unspecified atom stereocenters. The van der Waals surface area contributed by atoms with E-state index in [2.05, 4.69) is 12.1 Å². The van der Waals surface area contributed by atoms with Crippen LogP contribution in [0.4, 0.5) is 4.39 Å². The minimum Gasteiger partial charge on any atom is -0.510 e. The molecule has 4 nitrogen and oxygen atoms in total. The standard InChI is InChI=1S/C23H22FN3OS/c1-14-3-7-17(8-4-14)21-15(2)29-23(26-21)20-19(28)13-27(22(20)25)12-11-16-5-9-18(24)10-6-16/h3-10,25,28H,11-13H2,1-2H3. The molecule has 0 radical (unpaired) electrons. The zero-order valence-electron chi connectivity index (χ0n) is 16.4. The Kier molecular flexibility index (Phi) is 5.20. The van der Waals surface area contributed by atoms with Gasteiger partial charge in [0.05, 0.1) is 17.8 Å². The van der Waals surface area contributed by atoms with E-state index in [1.807, 2.05) is 30.9 Å². The van der Waals surface area contributed by atoms with Gasteiger partial charge in [-0.05, 0) is 38.0 Å². The van der Waals surface area contributed by atoms with E-state index in [1.165, 1.54) is 29.0 Å². The van der Waals surface area contributed by atoms with Gasteiger partial charge in [-0.1, -0.05) is 42.0 Å². The Bertz CT molecular complexity index is 1080. The highest BCUT2D eigenvalue weighted by Crippen LogP contribution is 2.35. The van der Waals surface area contributed by atoms with E-state index in [-0.39, 0.29) is 17.4 Å². The molecule has 6 heteroatoms. The molecule has 0 saturated carbocycles. The first-order chi connectivity index (χ1) is 13.9. The van der Waals surface area contributed by atoms with Crippen LogP contribution in [0.5, 0.6) is 0 Å². The number of thiazole rings is 1. The SMILES string of the molecule is Cc1ccc(-c2nc(C3=C(O)CN(CCc4ccc(F)cc4)C3=N)sc2C)cc1. The van der Waals surface area contributed by atoms with Crippen LogP contribution in [0.15, 0.2) is 54.3 Å². The van der Waals surface area contributed by atoms with Gasteiger partial charge in [-0.3, -0.25) is 5.41 Å². The molecule has 4 rings (SSSR count). The van der Waals surface area contributed by atoms with Gasteiger partial charge < -0.3 is 10.0 Å². The minimum atomic E-state index is -0.257. The molecular weight excluding hydrogens is 385 g/mol. The molecule has 0 aliphatic carbocycles. The van der Waals surface area contributed by atoms with Crippen LogP contribution >= 0.6 is 11.3 Å². The fraction of sp³-hybridized carbons (Fsp3) is 0.217. The predicted octanol–water partition coefficient (Wildman–Crippen LogP) is 5.37. The van der Waals surface area contributed by atoms with Crippen LogP contribution in [-0.4, -0.2) is 33.9 Å². The van der Waals surface area contributed by atoms with E-state index in [4.69, 9.17) is 10.4 Å². The first kappa shape index (κ1) is 19.3. The summed E-state index contributed by atoms with van der Waals surface area (Å²) in [5.41, 5.74) is 4.63. The number of nitrogens with zero attached hydrogens (tertiary/aromatic N) is 2. The monoisotopic (exact) mass is 407 g/mol. The molecule has 0 spiro atoms. The molecule has 0 amide bonds. The molecule has 0 bridgehead atoms. The van der Waals surface area contributed by atoms with Crippen LogP contribution < -0.4 is 0 Å². The second-order valence-electron chi connectivity index (χ2n) is 7.26. The first-order valence-corrected chi connectivity index (χ1v) is 10.3. The van der Waals surface area contributed by atoms with Crippen molar-refractivity contribution in [2.75, 3.05) is 13.1 Å². The Morgan fingerprint density at radius 3 is 2.48 bits per heavy atom. The number of benzene rings is 2. The predicted molar refractivity (Wildman–Crippen MR) is 116 cm³/mol. The van der Waals surface area contributed by atoms with Gasteiger partial charge in [-0.25, -0.2) is 9.37 Å². The fourth-order valence-electron chi connectivity index (χ4n) is 3.45. The number of aromatic nitrogens is 1. The molecule has 2 aromatic carbocycles. The number of halogens is 1. The summed E-state index contributed by atoms with van der Waals surface area (Å²) >= 11 is 1.50. The zero-order valence-corrected chi connectivity index (χ0v) is 17.2. The number of hydrogen-bond donors (Lipinski definition) is 2. The number of nitrogens with one attached hydrogen (secondary N) is 1. The van der Waals surface area contributed by atoms with Crippen molar-refractivity contribution in [2.24, 2.45) is 0 Å². The molecule has 2 heterocycles. The lowest BCUT2D eigenvalue weighted by atomic mass is 10.1. The number of hydrogen-bond acceptors (Lipinski definition) is 4. The van der Waals surface area contributed by atoms with Crippen molar-refractivity contribution >= 4 is 22.7 Å². The van der Waals surface area contributed by atoms with Crippen LogP contribution in [0.1, 0.15) is 21.0 Å². The van der Waals surface area contributed by atoms with E-state index < -0.39 is 0 Å². The fourth-order valence-corrected chi connectivity index (χ4v) is 4.45. The number of aryl methyl sites for hydroxylation is 2. The van der Waals surface area contributed by atoms with Crippen LogP contribution in [-0.2, 0) is 6.42 Å². The second kappa shape index (κ2) is 7.79. The summed E-state index contributed by atoms with van der Waals surface area (Å²) < 4.78 is 13.1. The summed E-state index contributed by atoms with van der Waals surface area (Å²) in [6, 6.07) is 14.6. The quantitative estimate of drug-likeness (QED) is 0.598. The lowest BCUT2D eigenvalue weighted by molar-refractivity contribution is 0.351. The summed E-state index contributed by atoms with van der Waals surface area (Å²) in [6.45, 7) is 4.94. The Balaban J connectivity index is 1.52. The lowest BCUT2D eigenvalue weighted by Crippen LogP contribution is -2.28. The van der Waals surface area contributed by atoms with Crippen LogP contribution in [0, 0.1) is 25.1 Å². The van der Waals surface area contributed by atoms with E-state index >= 15 is 0 Å². The minimum absolute atomic E-state index is 0.179. The summed E-state index contributed by atoms with van der Waals surface area (Å²) in [4.78, 5) is 7.63. The van der Waals surface area contributed by atoms with Gasteiger partial charge in [-0.15, -0.1) is 11.3 Å².